The maximum atomic E-state index is 13.5. The van der Waals surface area contributed by atoms with E-state index in [0.717, 1.165) is 42.6 Å². The molecule has 2 rings (SSSR count). The fourth-order valence-electron chi connectivity index (χ4n) is 3.19. The van der Waals surface area contributed by atoms with Gasteiger partial charge in [-0.1, -0.05) is 19.9 Å². The molecule has 0 amide bonds. The van der Waals surface area contributed by atoms with Crippen molar-refractivity contribution in [2.45, 2.75) is 46.2 Å². The predicted octanol–water partition coefficient (Wildman–Crippen LogP) is 3.54. The SMILES string of the molecule is CC(C)C1CCCN(Cc2cc(F)cc(CN)c2)CC1. The minimum atomic E-state index is -0.169. The van der Waals surface area contributed by atoms with Crippen molar-refractivity contribution in [3.63, 3.8) is 0 Å². The zero-order valence-corrected chi connectivity index (χ0v) is 12.7. The first-order chi connectivity index (χ1) is 9.58. The van der Waals surface area contributed by atoms with Crippen molar-refractivity contribution in [2.24, 2.45) is 17.6 Å². The van der Waals surface area contributed by atoms with Crippen LogP contribution in [-0.4, -0.2) is 18.0 Å². The molecule has 1 aromatic rings. The van der Waals surface area contributed by atoms with E-state index >= 15 is 0 Å². The van der Waals surface area contributed by atoms with Crippen molar-refractivity contribution >= 4 is 0 Å². The third kappa shape index (κ3) is 4.29. The Balaban J connectivity index is 1.98. The number of benzene rings is 1. The summed E-state index contributed by atoms with van der Waals surface area (Å²) in [4.78, 5) is 2.46. The maximum Gasteiger partial charge on any atom is 0.123 e. The molecule has 1 aliphatic rings. The molecule has 1 saturated heterocycles. The van der Waals surface area contributed by atoms with Crippen LogP contribution in [-0.2, 0) is 13.1 Å². The zero-order chi connectivity index (χ0) is 14.5. The number of hydrogen-bond acceptors (Lipinski definition) is 2. The van der Waals surface area contributed by atoms with Crippen molar-refractivity contribution in [3.05, 3.63) is 35.1 Å². The molecule has 0 aliphatic carbocycles. The van der Waals surface area contributed by atoms with Crippen molar-refractivity contribution in [1.29, 1.82) is 0 Å². The standard InChI is InChI=1S/C17H27FN2/c1-13(2)16-4-3-6-20(7-5-16)12-15-8-14(11-19)9-17(18)10-15/h8-10,13,16H,3-7,11-12,19H2,1-2H3. The molecule has 1 atom stereocenters. The molecule has 1 fully saturated rings. The fraction of sp³-hybridized carbons (Fsp3) is 0.647. The summed E-state index contributed by atoms with van der Waals surface area (Å²) in [5, 5.41) is 0. The van der Waals surface area contributed by atoms with Crippen molar-refractivity contribution in [1.82, 2.24) is 4.90 Å². The molecule has 0 aromatic heterocycles. The molecule has 0 spiro atoms. The van der Waals surface area contributed by atoms with Crippen LogP contribution in [0.25, 0.3) is 0 Å². The Morgan fingerprint density at radius 3 is 2.65 bits per heavy atom. The summed E-state index contributed by atoms with van der Waals surface area (Å²) in [5.41, 5.74) is 7.55. The molecule has 1 unspecified atom stereocenters. The first-order valence-electron chi connectivity index (χ1n) is 7.79. The van der Waals surface area contributed by atoms with Crippen LogP contribution in [0, 0.1) is 17.7 Å². The van der Waals surface area contributed by atoms with Gasteiger partial charge >= 0.3 is 0 Å². The Kier molecular flexibility index (Phi) is 5.55. The second kappa shape index (κ2) is 7.19. The predicted molar refractivity (Wildman–Crippen MR) is 81.7 cm³/mol. The third-order valence-corrected chi connectivity index (χ3v) is 4.47. The highest BCUT2D eigenvalue weighted by molar-refractivity contribution is 5.24. The summed E-state index contributed by atoms with van der Waals surface area (Å²) in [7, 11) is 0. The molecule has 2 N–H and O–H groups in total. The number of rotatable bonds is 4. The maximum absolute atomic E-state index is 13.5. The van der Waals surface area contributed by atoms with E-state index in [9.17, 15) is 4.39 Å². The van der Waals surface area contributed by atoms with Crippen molar-refractivity contribution < 1.29 is 4.39 Å². The quantitative estimate of drug-likeness (QED) is 0.912. The Morgan fingerprint density at radius 1 is 1.20 bits per heavy atom. The molecule has 112 valence electrons. The van der Waals surface area contributed by atoms with Crippen molar-refractivity contribution in [3.8, 4) is 0 Å². The van der Waals surface area contributed by atoms with E-state index in [1.165, 1.54) is 25.3 Å². The summed E-state index contributed by atoms with van der Waals surface area (Å²) in [5.74, 6) is 1.44. The average Bonchev–Trinajstić information content (AvgIpc) is 2.63. The topological polar surface area (TPSA) is 29.3 Å². The molecule has 20 heavy (non-hydrogen) atoms. The van der Waals surface area contributed by atoms with Crippen LogP contribution in [0.5, 0.6) is 0 Å². The van der Waals surface area contributed by atoms with Gasteiger partial charge < -0.3 is 5.73 Å². The molecule has 0 radical (unpaired) electrons. The van der Waals surface area contributed by atoms with Crippen LogP contribution in [0.2, 0.25) is 0 Å². The zero-order valence-electron chi connectivity index (χ0n) is 12.7. The average molecular weight is 278 g/mol. The second-order valence-corrected chi connectivity index (χ2v) is 6.38. The van der Waals surface area contributed by atoms with Gasteiger partial charge in [0.25, 0.3) is 0 Å². The largest absolute Gasteiger partial charge is 0.326 e. The monoisotopic (exact) mass is 278 g/mol. The minimum Gasteiger partial charge on any atom is -0.326 e. The van der Waals surface area contributed by atoms with E-state index in [2.05, 4.69) is 18.7 Å². The molecule has 0 saturated carbocycles. The van der Waals surface area contributed by atoms with Crippen LogP contribution in [0.3, 0.4) is 0 Å². The summed E-state index contributed by atoms with van der Waals surface area (Å²) in [6, 6.07) is 5.21. The summed E-state index contributed by atoms with van der Waals surface area (Å²) >= 11 is 0. The molecule has 1 heterocycles. The summed E-state index contributed by atoms with van der Waals surface area (Å²) < 4.78 is 13.5. The smallest absolute Gasteiger partial charge is 0.123 e. The summed E-state index contributed by atoms with van der Waals surface area (Å²) in [6.45, 7) is 8.13. The summed E-state index contributed by atoms with van der Waals surface area (Å²) in [6.07, 6.45) is 3.84. The molecular weight excluding hydrogens is 251 g/mol. The van der Waals surface area contributed by atoms with E-state index in [1.54, 1.807) is 6.07 Å². The first-order valence-corrected chi connectivity index (χ1v) is 7.79. The Labute approximate surface area is 122 Å². The highest BCUT2D eigenvalue weighted by Crippen LogP contribution is 2.25. The van der Waals surface area contributed by atoms with Gasteiger partial charge in [-0.05, 0) is 67.4 Å². The number of nitrogens with zero attached hydrogens (tertiary/aromatic N) is 1. The normalized spacial score (nSPS) is 21.1. The van der Waals surface area contributed by atoms with E-state index in [1.807, 2.05) is 6.07 Å². The highest BCUT2D eigenvalue weighted by atomic mass is 19.1. The van der Waals surface area contributed by atoms with E-state index in [-0.39, 0.29) is 5.82 Å². The van der Waals surface area contributed by atoms with Gasteiger partial charge in [-0.3, -0.25) is 4.90 Å². The lowest BCUT2D eigenvalue weighted by Crippen LogP contribution is -2.24. The van der Waals surface area contributed by atoms with Crippen LogP contribution in [0.1, 0.15) is 44.2 Å². The second-order valence-electron chi connectivity index (χ2n) is 6.38. The van der Waals surface area contributed by atoms with Gasteiger partial charge in [0.2, 0.25) is 0 Å². The molecular formula is C17H27FN2. The van der Waals surface area contributed by atoms with Gasteiger partial charge in [0, 0.05) is 13.1 Å². The lowest BCUT2D eigenvalue weighted by atomic mass is 9.89. The molecule has 2 nitrogen and oxygen atoms in total. The molecule has 3 heteroatoms. The van der Waals surface area contributed by atoms with Crippen molar-refractivity contribution in [2.75, 3.05) is 13.1 Å². The number of nitrogens with two attached hydrogens (primary N) is 1. The minimum absolute atomic E-state index is 0.169. The van der Waals surface area contributed by atoms with Crippen LogP contribution >= 0.6 is 0 Å². The van der Waals surface area contributed by atoms with Gasteiger partial charge in [-0.15, -0.1) is 0 Å². The highest BCUT2D eigenvalue weighted by Gasteiger charge is 2.19. The number of halogens is 1. The van der Waals surface area contributed by atoms with Gasteiger partial charge in [0.15, 0.2) is 0 Å². The van der Waals surface area contributed by atoms with Crippen LogP contribution in [0.15, 0.2) is 18.2 Å². The lowest BCUT2D eigenvalue weighted by molar-refractivity contribution is 0.264. The van der Waals surface area contributed by atoms with E-state index in [0.29, 0.717) is 6.54 Å². The Morgan fingerprint density at radius 2 is 1.95 bits per heavy atom. The first kappa shape index (κ1) is 15.5. The van der Waals surface area contributed by atoms with Gasteiger partial charge in [0.05, 0.1) is 0 Å². The Hall–Kier alpha value is -0.930. The van der Waals surface area contributed by atoms with Gasteiger partial charge in [0.1, 0.15) is 5.82 Å². The lowest BCUT2D eigenvalue weighted by Gasteiger charge is -2.21. The molecule has 0 bridgehead atoms. The van der Waals surface area contributed by atoms with Crippen LogP contribution < -0.4 is 5.73 Å². The fourth-order valence-corrected chi connectivity index (χ4v) is 3.19. The third-order valence-electron chi connectivity index (χ3n) is 4.47. The molecule has 1 aliphatic heterocycles. The number of likely N-dealkylation sites (tertiary alicyclic amines) is 1. The number of hydrogen-bond donors (Lipinski definition) is 1. The van der Waals surface area contributed by atoms with Gasteiger partial charge in [-0.25, -0.2) is 4.39 Å². The van der Waals surface area contributed by atoms with E-state index in [4.69, 9.17) is 5.73 Å². The molecule has 1 aromatic carbocycles. The van der Waals surface area contributed by atoms with E-state index < -0.39 is 0 Å². The van der Waals surface area contributed by atoms with Crippen LogP contribution in [0.4, 0.5) is 4.39 Å². The van der Waals surface area contributed by atoms with Gasteiger partial charge in [-0.2, -0.15) is 0 Å². The Bertz CT molecular complexity index is 431.